The molecule has 0 aliphatic heterocycles. The average Bonchev–Trinajstić information content (AvgIpc) is 2.79. The van der Waals surface area contributed by atoms with Crippen molar-refractivity contribution in [1.82, 2.24) is 4.90 Å². The summed E-state index contributed by atoms with van der Waals surface area (Å²) in [6, 6.07) is 0. The third kappa shape index (κ3) is 9.32. The molecule has 46 heavy (non-hydrogen) atoms. The maximum atomic E-state index is 13.8. The number of alkyl halides is 21. The number of amides is 1. The van der Waals surface area contributed by atoms with E-state index >= 15 is 0 Å². The molecule has 0 aromatic rings. The Kier molecular flexibility index (Phi) is 12.1. The standard InChI is InChI=1S/C17H10F21NO7/c1-3-6(40)42-5-4-39(2)7(41)8(18,19)10(23,24)43-12(27,28)14(31,32)45-16(35,36)17(37,38)46-15(33,34)13(29,30)44-11(25,26)9(20,21)22/h3H,1,4-5H2,2H3. The number of rotatable bonds is 17. The van der Waals surface area contributed by atoms with Crippen LogP contribution in [0.2, 0.25) is 0 Å². The highest BCUT2D eigenvalue weighted by Gasteiger charge is 2.79. The molecule has 0 saturated heterocycles. The van der Waals surface area contributed by atoms with Crippen LogP contribution in [0.1, 0.15) is 0 Å². The maximum absolute atomic E-state index is 13.8. The predicted octanol–water partition coefficient (Wildman–Crippen LogP) is 6.18. The van der Waals surface area contributed by atoms with E-state index in [1.807, 2.05) is 0 Å². The molecule has 0 spiro atoms. The highest BCUT2D eigenvalue weighted by Crippen LogP contribution is 2.53. The van der Waals surface area contributed by atoms with Crippen molar-refractivity contribution in [3.05, 3.63) is 12.7 Å². The topological polar surface area (TPSA) is 83.5 Å². The molecule has 29 heteroatoms. The zero-order valence-corrected chi connectivity index (χ0v) is 20.9. The first-order chi connectivity index (χ1) is 19.9. The number of hydrogen-bond donors (Lipinski definition) is 0. The molecule has 0 saturated carbocycles. The van der Waals surface area contributed by atoms with Crippen LogP contribution in [-0.4, -0.2) is 97.9 Å². The summed E-state index contributed by atoms with van der Waals surface area (Å²) >= 11 is 0. The molecule has 0 rings (SSSR count). The monoisotopic (exact) mass is 739 g/mol. The molecule has 0 unspecified atom stereocenters. The van der Waals surface area contributed by atoms with Crippen molar-refractivity contribution in [2.45, 2.75) is 61.0 Å². The van der Waals surface area contributed by atoms with Gasteiger partial charge in [0.1, 0.15) is 6.61 Å². The summed E-state index contributed by atoms with van der Waals surface area (Å²) in [5.74, 6) is -11.4. The van der Waals surface area contributed by atoms with Gasteiger partial charge in [-0.25, -0.2) is 23.7 Å². The summed E-state index contributed by atoms with van der Waals surface area (Å²) in [4.78, 5) is 21.7. The van der Waals surface area contributed by atoms with Crippen molar-refractivity contribution >= 4 is 11.9 Å². The minimum Gasteiger partial charge on any atom is -0.461 e. The summed E-state index contributed by atoms with van der Waals surface area (Å²) < 4.78 is 285. The fraction of sp³-hybridized carbons (Fsp3) is 0.765. The van der Waals surface area contributed by atoms with E-state index in [0.717, 1.165) is 0 Å². The first kappa shape index (κ1) is 43.0. The summed E-state index contributed by atoms with van der Waals surface area (Å²) in [7, 11) is 0.154. The van der Waals surface area contributed by atoms with E-state index in [0.29, 0.717) is 6.08 Å². The van der Waals surface area contributed by atoms with E-state index in [1.54, 1.807) is 4.74 Å². The zero-order chi connectivity index (χ0) is 37.4. The molecule has 0 fully saturated rings. The first-order valence-electron chi connectivity index (χ1n) is 10.2. The molecule has 0 bridgehead atoms. The Bertz CT molecular complexity index is 1110. The number of nitrogens with zero attached hydrogens (tertiary/aromatic N) is 1. The third-order valence-electron chi connectivity index (χ3n) is 4.19. The van der Waals surface area contributed by atoms with Crippen LogP contribution in [0, 0.1) is 0 Å². The second-order valence-electron chi connectivity index (χ2n) is 7.71. The quantitative estimate of drug-likeness (QED) is 0.100. The molecular weight excluding hydrogens is 729 g/mol. The van der Waals surface area contributed by atoms with Gasteiger partial charge in [0.25, 0.3) is 0 Å². The van der Waals surface area contributed by atoms with E-state index < -0.39 is 90.9 Å². The number of carbonyl (C=O) groups excluding carboxylic acids is 2. The van der Waals surface area contributed by atoms with Crippen molar-refractivity contribution < 1.29 is 125 Å². The van der Waals surface area contributed by atoms with Gasteiger partial charge in [0.15, 0.2) is 0 Å². The lowest BCUT2D eigenvalue weighted by molar-refractivity contribution is -0.584. The van der Waals surface area contributed by atoms with Crippen LogP contribution in [0.5, 0.6) is 0 Å². The fourth-order valence-corrected chi connectivity index (χ4v) is 1.93. The number of likely N-dealkylation sites (N-methyl/N-ethyl adjacent to an activating group) is 1. The summed E-state index contributed by atoms with van der Waals surface area (Å²) in [6.07, 6.45) is -68.9. The summed E-state index contributed by atoms with van der Waals surface area (Å²) in [6.45, 7) is 0.448. The van der Waals surface area contributed by atoms with Crippen LogP contribution in [-0.2, 0) is 33.3 Å². The second kappa shape index (κ2) is 12.9. The number of ether oxygens (including phenoxy) is 5. The number of esters is 1. The van der Waals surface area contributed by atoms with E-state index in [4.69, 9.17) is 0 Å². The minimum atomic E-state index is -7.99. The molecule has 8 nitrogen and oxygen atoms in total. The zero-order valence-electron chi connectivity index (χ0n) is 20.9. The molecule has 0 aromatic heterocycles. The van der Waals surface area contributed by atoms with Crippen LogP contribution in [0.15, 0.2) is 12.7 Å². The Morgan fingerprint density at radius 1 is 0.543 bits per heavy atom. The van der Waals surface area contributed by atoms with Crippen molar-refractivity contribution in [2.75, 3.05) is 20.2 Å². The van der Waals surface area contributed by atoms with Crippen LogP contribution < -0.4 is 0 Å². The summed E-state index contributed by atoms with van der Waals surface area (Å²) in [5.41, 5.74) is 0. The van der Waals surface area contributed by atoms with Crippen molar-refractivity contribution in [3.8, 4) is 0 Å². The predicted molar refractivity (Wildman–Crippen MR) is 93.7 cm³/mol. The molecule has 0 aliphatic carbocycles. The lowest BCUT2D eigenvalue weighted by atomic mass is 10.2. The van der Waals surface area contributed by atoms with Crippen LogP contribution in [0.3, 0.4) is 0 Å². The van der Waals surface area contributed by atoms with Gasteiger partial charge < -0.3 is 9.64 Å². The molecule has 0 radical (unpaired) electrons. The molecule has 0 aliphatic rings. The van der Waals surface area contributed by atoms with E-state index in [9.17, 15) is 102 Å². The average molecular weight is 739 g/mol. The molecule has 0 N–H and O–H groups in total. The van der Waals surface area contributed by atoms with Crippen LogP contribution in [0.4, 0.5) is 92.2 Å². The normalized spacial score (nSPS) is 15.1. The second-order valence-corrected chi connectivity index (χ2v) is 7.71. The van der Waals surface area contributed by atoms with Crippen LogP contribution in [0.25, 0.3) is 0 Å². The Morgan fingerprint density at radius 3 is 1.11 bits per heavy atom. The Balaban J connectivity index is 6.08. The van der Waals surface area contributed by atoms with E-state index in [2.05, 4.69) is 11.3 Å². The van der Waals surface area contributed by atoms with Gasteiger partial charge >= 0.3 is 72.8 Å². The van der Waals surface area contributed by atoms with Gasteiger partial charge in [-0.05, 0) is 0 Å². The lowest BCUT2D eigenvalue weighted by Crippen LogP contribution is -2.62. The highest BCUT2D eigenvalue weighted by molar-refractivity contribution is 5.84. The highest BCUT2D eigenvalue weighted by atomic mass is 19.4. The number of carbonyl (C=O) groups is 2. The lowest BCUT2D eigenvalue weighted by Gasteiger charge is -2.36. The SMILES string of the molecule is C=CC(=O)OCCN(C)C(=O)C(F)(F)C(F)(F)OC(F)(F)C(F)(F)OC(F)(F)C(F)(F)OC(F)(F)C(F)(F)OC(F)(F)C(F)(F)F. The van der Waals surface area contributed by atoms with Crippen LogP contribution >= 0.6 is 0 Å². The number of halogens is 21. The Hall–Kier alpha value is -2.95. The molecule has 0 atom stereocenters. The minimum absolute atomic E-state index is 0.154. The van der Waals surface area contributed by atoms with Gasteiger partial charge in [0.05, 0.1) is 6.54 Å². The maximum Gasteiger partial charge on any atom is 0.483 e. The number of hydrogen-bond acceptors (Lipinski definition) is 7. The van der Waals surface area contributed by atoms with Gasteiger partial charge in [-0.15, -0.1) is 0 Å². The van der Waals surface area contributed by atoms with Crippen molar-refractivity contribution in [1.29, 1.82) is 0 Å². The molecule has 272 valence electrons. The van der Waals surface area contributed by atoms with Gasteiger partial charge in [0, 0.05) is 13.1 Å². The third-order valence-corrected chi connectivity index (χ3v) is 4.19. The largest absolute Gasteiger partial charge is 0.483 e. The van der Waals surface area contributed by atoms with Gasteiger partial charge in [0.2, 0.25) is 0 Å². The fourth-order valence-electron chi connectivity index (χ4n) is 1.93. The molecule has 1 amide bonds. The first-order valence-corrected chi connectivity index (χ1v) is 10.2. The van der Waals surface area contributed by atoms with Crippen molar-refractivity contribution in [3.63, 3.8) is 0 Å². The van der Waals surface area contributed by atoms with E-state index in [-0.39, 0.29) is 7.05 Å². The van der Waals surface area contributed by atoms with Gasteiger partial charge in [-0.3, -0.25) is 4.79 Å². The smallest absolute Gasteiger partial charge is 0.461 e. The molecular formula is C17H10F21NO7. The molecule has 0 aromatic carbocycles. The Morgan fingerprint density at radius 2 is 0.826 bits per heavy atom. The van der Waals surface area contributed by atoms with Gasteiger partial charge in [-0.2, -0.15) is 92.2 Å². The van der Waals surface area contributed by atoms with E-state index in [1.165, 1.54) is 14.2 Å². The Labute approximate surface area is 237 Å². The summed E-state index contributed by atoms with van der Waals surface area (Å²) in [5, 5.41) is 0. The van der Waals surface area contributed by atoms with Gasteiger partial charge in [-0.1, -0.05) is 6.58 Å². The van der Waals surface area contributed by atoms with Crippen molar-refractivity contribution in [2.24, 2.45) is 0 Å². The molecule has 0 heterocycles.